The molecule has 2 nitrogen and oxygen atoms in total. The number of nitrogens with two attached hydrogens (primary N) is 1. The molecule has 102 valence electrons. The largest absolute Gasteiger partial charge is 0.468 e. The number of rotatable bonds is 6. The average molecular weight is 296 g/mol. The molecular formula is C15H18ClNOS. The number of hydrogen-bond acceptors (Lipinski definition) is 3. The maximum atomic E-state index is 6.29. The van der Waals surface area contributed by atoms with Gasteiger partial charge in [0.1, 0.15) is 5.76 Å². The maximum absolute atomic E-state index is 6.29. The van der Waals surface area contributed by atoms with E-state index in [-0.39, 0.29) is 11.3 Å². The Bertz CT molecular complexity index is 501. The highest BCUT2D eigenvalue weighted by atomic mass is 35.5. The van der Waals surface area contributed by atoms with Gasteiger partial charge < -0.3 is 10.2 Å². The van der Waals surface area contributed by atoms with E-state index in [0.29, 0.717) is 0 Å². The summed E-state index contributed by atoms with van der Waals surface area (Å²) in [6, 6.07) is 11.9. The summed E-state index contributed by atoms with van der Waals surface area (Å²) in [5.41, 5.74) is 7.35. The second-order valence-corrected chi connectivity index (χ2v) is 5.94. The van der Waals surface area contributed by atoms with Gasteiger partial charge in [-0.25, -0.2) is 0 Å². The molecule has 0 saturated carbocycles. The van der Waals surface area contributed by atoms with E-state index in [1.54, 1.807) is 18.0 Å². The smallest absolute Gasteiger partial charge is 0.113 e. The first-order valence-corrected chi connectivity index (χ1v) is 7.79. The van der Waals surface area contributed by atoms with Crippen LogP contribution in [0.5, 0.6) is 0 Å². The van der Waals surface area contributed by atoms with Crippen LogP contribution in [-0.2, 0) is 5.75 Å². The zero-order chi connectivity index (χ0) is 13.7. The summed E-state index contributed by atoms with van der Waals surface area (Å²) >= 11 is 8.06. The number of benzene rings is 1. The SMILES string of the molecule is CCC(N)C(SCc1ccco1)c1ccccc1Cl. The van der Waals surface area contributed by atoms with Crippen molar-refractivity contribution in [1.82, 2.24) is 0 Å². The highest BCUT2D eigenvalue weighted by molar-refractivity contribution is 7.98. The van der Waals surface area contributed by atoms with Gasteiger partial charge >= 0.3 is 0 Å². The van der Waals surface area contributed by atoms with Crippen molar-refractivity contribution in [2.45, 2.75) is 30.4 Å². The summed E-state index contributed by atoms with van der Waals surface area (Å²) < 4.78 is 5.37. The summed E-state index contributed by atoms with van der Waals surface area (Å²) in [7, 11) is 0. The second kappa shape index (κ2) is 7.04. The molecule has 0 aliphatic heterocycles. The molecule has 19 heavy (non-hydrogen) atoms. The molecule has 0 radical (unpaired) electrons. The monoisotopic (exact) mass is 295 g/mol. The Morgan fingerprint density at radius 3 is 2.68 bits per heavy atom. The molecule has 0 fully saturated rings. The van der Waals surface area contributed by atoms with Crippen LogP contribution < -0.4 is 5.73 Å². The molecule has 0 aliphatic rings. The van der Waals surface area contributed by atoms with E-state index in [2.05, 4.69) is 13.0 Å². The molecule has 1 aromatic carbocycles. The second-order valence-electron chi connectivity index (χ2n) is 4.40. The van der Waals surface area contributed by atoms with E-state index in [4.69, 9.17) is 21.8 Å². The molecule has 2 aromatic rings. The highest BCUT2D eigenvalue weighted by Crippen LogP contribution is 2.38. The fourth-order valence-electron chi connectivity index (χ4n) is 1.93. The van der Waals surface area contributed by atoms with Crippen molar-refractivity contribution in [3.05, 3.63) is 59.0 Å². The Balaban J connectivity index is 2.14. The van der Waals surface area contributed by atoms with Crippen LogP contribution in [0.25, 0.3) is 0 Å². The van der Waals surface area contributed by atoms with Crippen LogP contribution in [0.1, 0.15) is 29.9 Å². The molecule has 4 heteroatoms. The molecule has 0 amide bonds. The van der Waals surface area contributed by atoms with Gasteiger partial charge in [0.15, 0.2) is 0 Å². The predicted octanol–water partition coefficient (Wildman–Crippen LogP) is 4.64. The van der Waals surface area contributed by atoms with E-state index in [9.17, 15) is 0 Å². The van der Waals surface area contributed by atoms with E-state index in [1.165, 1.54) is 0 Å². The molecule has 0 aliphatic carbocycles. The third-order valence-electron chi connectivity index (χ3n) is 3.06. The molecule has 1 aromatic heterocycles. The maximum Gasteiger partial charge on any atom is 0.113 e. The van der Waals surface area contributed by atoms with Crippen molar-refractivity contribution in [3.8, 4) is 0 Å². The van der Waals surface area contributed by atoms with Crippen molar-refractivity contribution in [2.75, 3.05) is 0 Å². The molecule has 2 atom stereocenters. The molecule has 2 N–H and O–H groups in total. The summed E-state index contributed by atoms with van der Waals surface area (Å²) in [6.07, 6.45) is 2.61. The molecular weight excluding hydrogens is 278 g/mol. The van der Waals surface area contributed by atoms with Gasteiger partial charge in [0.05, 0.1) is 12.0 Å². The first-order valence-electron chi connectivity index (χ1n) is 6.36. The summed E-state index contributed by atoms with van der Waals surface area (Å²) in [4.78, 5) is 0. The summed E-state index contributed by atoms with van der Waals surface area (Å²) in [5, 5.41) is 0.965. The first-order chi connectivity index (χ1) is 9.22. The third-order valence-corrected chi connectivity index (χ3v) is 4.82. The van der Waals surface area contributed by atoms with Crippen LogP contribution in [0.2, 0.25) is 5.02 Å². The fraction of sp³-hybridized carbons (Fsp3) is 0.333. The Morgan fingerprint density at radius 1 is 1.26 bits per heavy atom. The Hall–Kier alpha value is -0.900. The van der Waals surface area contributed by atoms with Crippen molar-refractivity contribution >= 4 is 23.4 Å². The zero-order valence-electron chi connectivity index (χ0n) is 10.9. The van der Waals surface area contributed by atoms with Crippen LogP contribution in [0.4, 0.5) is 0 Å². The van der Waals surface area contributed by atoms with Crippen LogP contribution in [0.3, 0.4) is 0 Å². The normalized spacial score (nSPS) is 14.3. The third kappa shape index (κ3) is 3.78. The summed E-state index contributed by atoms with van der Waals surface area (Å²) in [6.45, 7) is 2.10. The average Bonchev–Trinajstić information content (AvgIpc) is 2.93. The van der Waals surface area contributed by atoms with Crippen LogP contribution in [-0.4, -0.2) is 6.04 Å². The van der Waals surface area contributed by atoms with E-state index in [0.717, 1.165) is 28.5 Å². The van der Waals surface area contributed by atoms with E-state index >= 15 is 0 Å². The van der Waals surface area contributed by atoms with Crippen molar-refractivity contribution < 1.29 is 4.42 Å². The number of hydrogen-bond donors (Lipinski definition) is 1. The lowest BCUT2D eigenvalue weighted by molar-refractivity contribution is 0.529. The standard InChI is InChI=1S/C15H18ClNOS/c1-2-14(17)15(12-7-3-4-8-13(12)16)19-10-11-6-5-9-18-11/h3-9,14-15H,2,10,17H2,1H3. The van der Waals surface area contributed by atoms with Crippen LogP contribution in [0.15, 0.2) is 47.1 Å². The van der Waals surface area contributed by atoms with Gasteiger partial charge in [-0.1, -0.05) is 36.7 Å². The minimum absolute atomic E-state index is 0.0832. The lowest BCUT2D eigenvalue weighted by Crippen LogP contribution is -2.26. The lowest BCUT2D eigenvalue weighted by atomic mass is 10.0. The quantitative estimate of drug-likeness (QED) is 0.843. The number of thioether (sulfide) groups is 1. The van der Waals surface area contributed by atoms with Gasteiger partial charge in [-0.3, -0.25) is 0 Å². The van der Waals surface area contributed by atoms with Gasteiger partial charge in [0, 0.05) is 16.3 Å². The van der Waals surface area contributed by atoms with Gasteiger partial charge in [0.25, 0.3) is 0 Å². The van der Waals surface area contributed by atoms with E-state index < -0.39 is 0 Å². The Labute approximate surface area is 123 Å². The fourth-order valence-corrected chi connectivity index (χ4v) is 3.58. The molecule has 0 spiro atoms. The predicted molar refractivity (Wildman–Crippen MR) is 82.5 cm³/mol. The van der Waals surface area contributed by atoms with Crippen LogP contribution >= 0.6 is 23.4 Å². The lowest BCUT2D eigenvalue weighted by Gasteiger charge is -2.23. The minimum atomic E-state index is 0.0832. The van der Waals surface area contributed by atoms with Gasteiger partial charge in [-0.2, -0.15) is 0 Å². The summed E-state index contributed by atoms with van der Waals surface area (Å²) in [5.74, 6) is 1.77. The molecule has 2 rings (SSSR count). The van der Waals surface area contributed by atoms with Crippen molar-refractivity contribution in [2.24, 2.45) is 5.73 Å². The van der Waals surface area contributed by atoms with Gasteiger partial charge in [-0.05, 0) is 30.2 Å². The van der Waals surface area contributed by atoms with Gasteiger partial charge in [0.2, 0.25) is 0 Å². The van der Waals surface area contributed by atoms with Crippen LogP contribution in [0, 0.1) is 0 Å². The van der Waals surface area contributed by atoms with Crippen molar-refractivity contribution in [1.29, 1.82) is 0 Å². The molecule has 1 heterocycles. The van der Waals surface area contributed by atoms with Gasteiger partial charge in [-0.15, -0.1) is 11.8 Å². The Morgan fingerprint density at radius 2 is 2.05 bits per heavy atom. The minimum Gasteiger partial charge on any atom is -0.468 e. The van der Waals surface area contributed by atoms with Crippen molar-refractivity contribution in [3.63, 3.8) is 0 Å². The highest BCUT2D eigenvalue weighted by Gasteiger charge is 2.21. The molecule has 0 saturated heterocycles. The number of halogens is 1. The molecule has 0 bridgehead atoms. The topological polar surface area (TPSA) is 39.2 Å². The number of furan rings is 1. The zero-order valence-corrected chi connectivity index (χ0v) is 12.5. The molecule has 2 unspecified atom stereocenters. The van der Waals surface area contributed by atoms with E-state index in [1.807, 2.05) is 30.3 Å². The first kappa shape index (κ1) is 14.5. The Kier molecular flexibility index (Phi) is 5.37.